The number of fused-ring (bicyclic) bond motifs is 1. The van der Waals surface area contributed by atoms with Gasteiger partial charge in [-0.25, -0.2) is 4.98 Å². The number of aromatic amines is 1. The zero-order valence-corrected chi connectivity index (χ0v) is 16.6. The topological polar surface area (TPSA) is 50.2 Å². The van der Waals surface area contributed by atoms with Crippen LogP contribution in [0, 0.1) is 11.8 Å². The van der Waals surface area contributed by atoms with Crippen molar-refractivity contribution in [2.24, 2.45) is 11.8 Å². The lowest BCUT2D eigenvalue weighted by Crippen LogP contribution is -3.13. The van der Waals surface area contributed by atoms with E-state index < -0.39 is 0 Å². The summed E-state index contributed by atoms with van der Waals surface area (Å²) < 4.78 is 0. The Morgan fingerprint density at radius 3 is 2.69 bits per heavy atom. The third-order valence-corrected chi connectivity index (χ3v) is 6.36. The van der Waals surface area contributed by atoms with Crippen molar-refractivity contribution in [3.63, 3.8) is 0 Å². The minimum Gasteiger partial charge on any atom is -0.328 e. The van der Waals surface area contributed by atoms with Crippen LogP contribution in [0.4, 0.5) is 0 Å². The van der Waals surface area contributed by atoms with E-state index in [-0.39, 0.29) is 5.56 Å². The molecule has 1 aromatic carbocycles. The second-order valence-electron chi connectivity index (χ2n) is 7.60. The summed E-state index contributed by atoms with van der Waals surface area (Å²) in [6.45, 7) is 7.68. The molecule has 3 aromatic rings. The molecule has 1 aliphatic heterocycles. The van der Waals surface area contributed by atoms with Crippen molar-refractivity contribution in [2.45, 2.75) is 26.8 Å². The maximum absolute atomic E-state index is 12.8. The van der Waals surface area contributed by atoms with Crippen LogP contribution >= 0.6 is 22.9 Å². The van der Waals surface area contributed by atoms with Crippen LogP contribution in [0.15, 0.2) is 34.4 Å². The third kappa shape index (κ3) is 3.43. The summed E-state index contributed by atoms with van der Waals surface area (Å²) in [7, 11) is 0. The predicted molar refractivity (Wildman–Crippen MR) is 108 cm³/mol. The minimum absolute atomic E-state index is 0.0707. The average Bonchev–Trinajstić information content (AvgIpc) is 2.98. The van der Waals surface area contributed by atoms with Gasteiger partial charge in [0.2, 0.25) is 0 Å². The van der Waals surface area contributed by atoms with Gasteiger partial charge in [-0.05, 0) is 12.5 Å². The molecule has 4 nitrogen and oxygen atoms in total. The quantitative estimate of drug-likeness (QED) is 0.722. The first-order valence-electron chi connectivity index (χ1n) is 9.10. The molecule has 0 radical (unpaired) electrons. The lowest BCUT2D eigenvalue weighted by molar-refractivity contribution is -0.926. The van der Waals surface area contributed by atoms with E-state index in [0.717, 1.165) is 53.3 Å². The molecule has 4 rings (SSSR count). The first-order valence-corrected chi connectivity index (χ1v) is 10.4. The van der Waals surface area contributed by atoms with E-state index in [9.17, 15) is 4.79 Å². The number of rotatable bonds is 3. The highest BCUT2D eigenvalue weighted by molar-refractivity contribution is 7.17. The van der Waals surface area contributed by atoms with E-state index in [1.54, 1.807) is 0 Å². The largest absolute Gasteiger partial charge is 0.328 e. The molecule has 1 unspecified atom stereocenters. The van der Waals surface area contributed by atoms with Gasteiger partial charge in [0.05, 0.1) is 18.5 Å². The van der Waals surface area contributed by atoms with Crippen molar-refractivity contribution >= 4 is 33.2 Å². The number of quaternary nitrogens is 1. The Balaban J connectivity index is 1.68. The number of aromatic nitrogens is 2. The van der Waals surface area contributed by atoms with Crippen molar-refractivity contribution in [1.29, 1.82) is 0 Å². The third-order valence-electron chi connectivity index (χ3n) is 5.15. The maximum Gasteiger partial charge on any atom is 0.260 e. The molecule has 26 heavy (non-hydrogen) atoms. The minimum atomic E-state index is -0.0707. The Kier molecular flexibility index (Phi) is 4.86. The Morgan fingerprint density at radius 2 is 1.96 bits per heavy atom. The highest BCUT2D eigenvalue weighted by Crippen LogP contribution is 2.34. The van der Waals surface area contributed by atoms with E-state index in [1.165, 1.54) is 22.7 Å². The summed E-state index contributed by atoms with van der Waals surface area (Å²) in [5, 5.41) is 3.27. The van der Waals surface area contributed by atoms with Crippen LogP contribution in [0.25, 0.3) is 21.3 Å². The fraction of sp³-hybridized carbons (Fsp3) is 0.400. The summed E-state index contributed by atoms with van der Waals surface area (Å²) in [6, 6.07) is 7.61. The zero-order valence-electron chi connectivity index (χ0n) is 15.0. The number of piperidine rings is 1. The van der Waals surface area contributed by atoms with E-state index in [4.69, 9.17) is 16.6 Å². The van der Waals surface area contributed by atoms with Crippen molar-refractivity contribution < 1.29 is 4.90 Å². The van der Waals surface area contributed by atoms with E-state index >= 15 is 0 Å². The molecule has 1 saturated heterocycles. The van der Waals surface area contributed by atoms with Gasteiger partial charge in [-0.1, -0.05) is 43.6 Å². The number of likely N-dealkylation sites (tertiary alicyclic amines) is 1. The van der Waals surface area contributed by atoms with Crippen LogP contribution in [0.1, 0.15) is 26.1 Å². The molecule has 2 aromatic heterocycles. The molecule has 6 heteroatoms. The SMILES string of the molecule is C[C@@H]1C[C@H](C)C[NH+](Cc2nc3scc(-c4ccccc4Cl)c3c(=O)[nH]2)C1. The molecule has 3 atom stereocenters. The van der Waals surface area contributed by atoms with Crippen LogP contribution in [0.2, 0.25) is 5.02 Å². The molecule has 0 saturated carbocycles. The van der Waals surface area contributed by atoms with Crippen molar-refractivity contribution in [3.05, 3.63) is 50.8 Å². The summed E-state index contributed by atoms with van der Waals surface area (Å²) in [4.78, 5) is 22.9. The maximum atomic E-state index is 12.8. The summed E-state index contributed by atoms with van der Waals surface area (Å²) in [5.41, 5.74) is 1.67. The molecule has 2 N–H and O–H groups in total. The molecule has 136 valence electrons. The zero-order chi connectivity index (χ0) is 18.3. The van der Waals surface area contributed by atoms with Gasteiger partial charge in [0.25, 0.3) is 5.56 Å². The molecule has 3 heterocycles. The smallest absolute Gasteiger partial charge is 0.260 e. The number of hydrogen-bond donors (Lipinski definition) is 2. The van der Waals surface area contributed by atoms with E-state index in [1.807, 2.05) is 29.6 Å². The standard InChI is InChI=1S/C20H22ClN3OS/c1-12-7-13(2)9-24(8-12)10-17-22-19(25)18-15(11-26-20(18)23-17)14-5-3-4-6-16(14)21/h3-6,11-13H,7-10H2,1-2H3,(H,22,23,25)/p+1/t12-,13+. The van der Waals surface area contributed by atoms with Gasteiger partial charge in [0.15, 0.2) is 5.82 Å². The van der Waals surface area contributed by atoms with Crippen LogP contribution in [0.5, 0.6) is 0 Å². The second-order valence-corrected chi connectivity index (χ2v) is 8.87. The molecule has 1 fully saturated rings. The molecule has 0 bridgehead atoms. The van der Waals surface area contributed by atoms with Gasteiger partial charge < -0.3 is 9.88 Å². The van der Waals surface area contributed by atoms with Gasteiger partial charge in [-0.2, -0.15) is 0 Å². The number of H-pyrrole nitrogens is 1. The van der Waals surface area contributed by atoms with Crippen LogP contribution in [-0.4, -0.2) is 23.1 Å². The number of hydrogen-bond acceptors (Lipinski definition) is 3. The monoisotopic (exact) mass is 388 g/mol. The second kappa shape index (κ2) is 7.14. The first kappa shape index (κ1) is 17.7. The van der Waals surface area contributed by atoms with Crippen molar-refractivity contribution in [3.8, 4) is 11.1 Å². The normalized spacial score (nSPS) is 23.4. The first-order chi connectivity index (χ1) is 12.5. The van der Waals surface area contributed by atoms with Gasteiger partial charge >= 0.3 is 0 Å². The van der Waals surface area contributed by atoms with Crippen LogP contribution in [-0.2, 0) is 6.54 Å². The molecule has 0 amide bonds. The highest BCUT2D eigenvalue weighted by Gasteiger charge is 2.26. The average molecular weight is 389 g/mol. The molecular weight excluding hydrogens is 366 g/mol. The molecular formula is C20H23ClN3OS+. The fourth-order valence-corrected chi connectivity index (χ4v) is 5.45. The summed E-state index contributed by atoms with van der Waals surface area (Å²) in [6.07, 6.45) is 1.29. The van der Waals surface area contributed by atoms with Crippen LogP contribution in [0.3, 0.4) is 0 Å². The number of benzene rings is 1. The van der Waals surface area contributed by atoms with Gasteiger partial charge in [0.1, 0.15) is 11.4 Å². The number of nitrogens with one attached hydrogen (secondary N) is 2. The molecule has 0 spiro atoms. The molecule has 0 aliphatic carbocycles. The van der Waals surface area contributed by atoms with E-state index in [0.29, 0.717) is 10.4 Å². The van der Waals surface area contributed by atoms with Crippen LogP contribution < -0.4 is 10.5 Å². The summed E-state index contributed by atoms with van der Waals surface area (Å²) >= 11 is 7.83. The van der Waals surface area contributed by atoms with Gasteiger partial charge in [-0.15, -0.1) is 11.3 Å². The number of thiophene rings is 1. The summed E-state index contributed by atoms with van der Waals surface area (Å²) in [5.74, 6) is 2.22. The lowest BCUT2D eigenvalue weighted by Gasteiger charge is -2.31. The Labute approximate surface area is 161 Å². The Hall–Kier alpha value is -1.69. The van der Waals surface area contributed by atoms with Crippen molar-refractivity contribution in [1.82, 2.24) is 9.97 Å². The van der Waals surface area contributed by atoms with Crippen molar-refractivity contribution in [2.75, 3.05) is 13.1 Å². The number of nitrogens with zero attached hydrogens (tertiary/aromatic N) is 1. The highest BCUT2D eigenvalue weighted by atomic mass is 35.5. The molecule has 1 aliphatic rings. The fourth-order valence-electron chi connectivity index (χ4n) is 4.26. The van der Waals surface area contributed by atoms with Gasteiger partial charge in [-0.3, -0.25) is 4.79 Å². The predicted octanol–water partition coefficient (Wildman–Crippen LogP) is 3.37. The lowest BCUT2D eigenvalue weighted by atomic mass is 9.92. The Bertz CT molecular complexity index is 986. The number of halogens is 1. The Morgan fingerprint density at radius 1 is 1.23 bits per heavy atom. The van der Waals surface area contributed by atoms with Gasteiger partial charge in [0, 0.05) is 33.4 Å². The van der Waals surface area contributed by atoms with E-state index in [2.05, 4.69) is 18.8 Å².